The van der Waals surface area contributed by atoms with Crippen molar-refractivity contribution in [3.8, 4) is 11.8 Å². The summed E-state index contributed by atoms with van der Waals surface area (Å²) in [5, 5.41) is 13.1. The van der Waals surface area contributed by atoms with Crippen LogP contribution in [0.25, 0.3) is 0 Å². The zero-order valence-corrected chi connectivity index (χ0v) is 18.9. The summed E-state index contributed by atoms with van der Waals surface area (Å²) in [6, 6.07) is 11.5. The van der Waals surface area contributed by atoms with Crippen LogP contribution >= 0.6 is 11.8 Å². The minimum Gasteiger partial charge on any atom is -0.497 e. The molecule has 0 saturated heterocycles. The number of thioether (sulfide) groups is 1. The molecule has 1 aliphatic carbocycles. The molecule has 0 spiro atoms. The van der Waals surface area contributed by atoms with E-state index in [1.807, 2.05) is 24.3 Å². The molecule has 1 amide bonds. The average Bonchev–Trinajstić information content (AvgIpc) is 2.76. The molecule has 0 aliphatic heterocycles. The van der Waals surface area contributed by atoms with Crippen molar-refractivity contribution in [3.63, 3.8) is 0 Å². The van der Waals surface area contributed by atoms with Crippen LogP contribution in [0.1, 0.15) is 50.4 Å². The van der Waals surface area contributed by atoms with E-state index in [-0.39, 0.29) is 17.1 Å². The number of ether oxygens (including phenoxy) is 1. The van der Waals surface area contributed by atoms with E-state index in [0.29, 0.717) is 27.9 Å². The Morgan fingerprint density at radius 3 is 2.90 bits per heavy atom. The van der Waals surface area contributed by atoms with Crippen molar-refractivity contribution in [3.05, 3.63) is 47.2 Å². The number of benzene rings is 1. The van der Waals surface area contributed by atoms with Crippen LogP contribution in [0.5, 0.6) is 5.75 Å². The second-order valence-electron chi connectivity index (χ2n) is 8.41. The van der Waals surface area contributed by atoms with Crippen LogP contribution < -0.4 is 10.1 Å². The Morgan fingerprint density at radius 2 is 2.20 bits per heavy atom. The lowest BCUT2D eigenvalue weighted by Crippen LogP contribution is -2.29. The maximum atomic E-state index is 12.4. The molecule has 2 aromatic rings. The second-order valence-corrected chi connectivity index (χ2v) is 9.37. The first-order valence-corrected chi connectivity index (χ1v) is 11.3. The van der Waals surface area contributed by atoms with Crippen LogP contribution in [0.15, 0.2) is 35.4 Å². The summed E-state index contributed by atoms with van der Waals surface area (Å²) < 4.78 is 5.18. The van der Waals surface area contributed by atoms with Gasteiger partial charge in [0.15, 0.2) is 0 Å². The van der Waals surface area contributed by atoms with E-state index in [0.717, 1.165) is 31.4 Å². The number of carbonyl (C=O) groups is 1. The molecule has 1 aliphatic rings. The third-order valence-electron chi connectivity index (χ3n) is 6.18. The molecule has 1 aromatic heterocycles. The summed E-state index contributed by atoms with van der Waals surface area (Å²) in [5.74, 6) is 1.36. The van der Waals surface area contributed by atoms with Gasteiger partial charge in [-0.3, -0.25) is 4.79 Å². The normalized spacial score (nSPS) is 15.8. The molecule has 1 atom stereocenters. The van der Waals surface area contributed by atoms with Gasteiger partial charge in [0.2, 0.25) is 5.91 Å². The molecule has 158 valence electrons. The number of nitriles is 1. The van der Waals surface area contributed by atoms with Crippen molar-refractivity contribution in [2.45, 2.75) is 51.5 Å². The SMILES string of the molecule is CCC(C)(C)C1CCc2nc(SCC(=O)Nc3cccc(OC)c3)c(C#N)cc2C1. The fraction of sp³-hybridized carbons (Fsp3) is 0.458. The van der Waals surface area contributed by atoms with Gasteiger partial charge in [-0.25, -0.2) is 4.98 Å². The molecule has 6 heteroatoms. The van der Waals surface area contributed by atoms with E-state index < -0.39 is 0 Å². The number of nitrogens with one attached hydrogen (secondary N) is 1. The van der Waals surface area contributed by atoms with E-state index >= 15 is 0 Å². The van der Waals surface area contributed by atoms with E-state index in [4.69, 9.17) is 9.72 Å². The number of fused-ring (bicyclic) bond motifs is 1. The van der Waals surface area contributed by atoms with Crippen LogP contribution in [-0.4, -0.2) is 23.8 Å². The lowest BCUT2D eigenvalue weighted by Gasteiger charge is -2.37. The molecule has 5 nitrogen and oxygen atoms in total. The predicted molar refractivity (Wildman–Crippen MR) is 121 cm³/mol. The third-order valence-corrected chi connectivity index (χ3v) is 7.17. The van der Waals surface area contributed by atoms with Crippen LogP contribution in [0.3, 0.4) is 0 Å². The molecule has 1 heterocycles. The quantitative estimate of drug-likeness (QED) is 0.617. The van der Waals surface area contributed by atoms with Gasteiger partial charge in [-0.2, -0.15) is 5.26 Å². The molecular formula is C24H29N3O2S. The second kappa shape index (κ2) is 9.53. The van der Waals surface area contributed by atoms with Crippen molar-refractivity contribution in [2.75, 3.05) is 18.2 Å². The molecule has 3 rings (SSSR count). The van der Waals surface area contributed by atoms with Gasteiger partial charge in [0.1, 0.15) is 16.8 Å². The molecule has 1 unspecified atom stereocenters. The van der Waals surface area contributed by atoms with Gasteiger partial charge < -0.3 is 10.1 Å². The maximum Gasteiger partial charge on any atom is 0.234 e. The Labute approximate surface area is 183 Å². The van der Waals surface area contributed by atoms with Crippen LogP contribution in [-0.2, 0) is 17.6 Å². The topological polar surface area (TPSA) is 75.0 Å². The minimum absolute atomic E-state index is 0.138. The zero-order chi connectivity index (χ0) is 21.7. The monoisotopic (exact) mass is 423 g/mol. The van der Waals surface area contributed by atoms with Gasteiger partial charge in [0, 0.05) is 17.4 Å². The van der Waals surface area contributed by atoms with Crippen molar-refractivity contribution in [1.29, 1.82) is 5.26 Å². The lowest BCUT2D eigenvalue weighted by atomic mass is 9.69. The van der Waals surface area contributed by atoms with Gasteiger partial charge in [-0.1, -0.05) is 45.0 Å². The van der Waals surface area contributed by atoms with Gasteiger partial charge in [0.25, 0.3) is 0 Å². The van der Waals surface area contributed by atoms with Crippen LogP contribution in [0.2, 0.25) is 0 Å². The molecule has 1 N–H and O–H groups in total. The predicted octanol–water partition coefficient (Wildman–Crippen LogP) is 5.23. The lowest BCUT2D eigenvalue weighted by molar-refractivity contribution is -0.113. The highest BCUT2D eigenvalue weighted by Crippen LogP contribution is 2.40. The number of methoxy groups -OCH3 is 1. The Kier molecular flexibility index (Phi) is 7.04. The summed E-state index contributed by atoms with van der Waals surface area (Å²) in [5.41, 5.74) is 3.80. The molecule has 30 heavy (non-hydrogen) atoms. The molecule has 0 bridgehead atoms. The number of aryl methyl sites for hydroxylation is 1. The number of anilines is 1. The molecule has 0 radical (unpaired) electrons. The first-order chi connectivity index (χ1) is 14.4. The maximum absolute atomic E-state index is 12.4. The highest BCUT2D eigenvalue weighted by Gasteiger charge is 2.32. The van der Waals surface area contributed by atoms with E-state index in [2.05, 4.69) is 32.2 Å². The van der Waals surface area contributed by atoms with Crippen molar-refractivity contribution in [2.24, 2.45) is 11.3 Å². The zero-order valence-electron chi connectivity index (χ0n) is 18.1. The summed E-state index contributed by atoms with van der Waals surface area (Å²) in [7, 11) is 1.59. The summed E-state index contributed by atoms with van der Waals surface area (Å²) in [4.78, 5) is 17.1. The highest BCUT2D eigenvalue weighted by atomic mass is 32.2. The van der Waals surface area contributed by atoms with Crippen LogP contribution in [0.4, 0.5) is 5.69 Å². The largest absolute Gasteiger partial charge is 0.497 e. The number of hydrogen-bond acceptors (Lipinski definition) is 5. The first-order valence-electron chi connectivity index (χ1n) is 10.4. The van der Waals surface area contributed by atoms with Crippen molar-refractivity contribution >= 4 is 23.4 Å². The van der Waals surface area contributed by atoms with E-state index in [1.54, 1.807) is 13.2 Å². The molecular weight excluding hydrogens is 394 g/mol. The molecule has 1 aromatic carbocycles. The Balaban J connectivity index is 1.68. The summed E-state index contributed by atoms with van der Waals surface area (Å²) in [6.45, 7) is 6.89. The van der Waals surface area contributed by atoms with Gasteiger partial charge in [-0.05, 0) is 54.4 Å². The van der Waals surface area contributed by atoms with Crippen LogP contribution in [0, 0.1) is 22.7 Å². The Morgan fingerprint density at radius 1 is 1.40 bits per heavy atom. The van der Waals surface area contributed by atoms with E-state index in [1.165, 1.54) is 17.3 Å². The van der Waals surface area contributed by atoms with Crippen molar-refractivity contribution in [1.82, 2.24) is 4.98 Å². The van der Waals surface area contributed by atoms with Gasteiger partial charge in [0.05, 0.1) is 18.4 Å². The number of carbonyl (C=O) groups excluding carboxylic acids is 1. The summed E-state index contributed by atoms with van der Waals surface area (Å²) in [6.07, 6.45) is 4.16. The van der Waals surface area contributed by atoms with Crippen molar-refractivity contribution < 1.29 is 9.53 Å². The number of rotatable bonds is 7. The number of hydrogen-bond donors (Lipinski definition) is 1. The minimum atomic E-state index is -0.138. The fourth-order valence-electron chi connectivity index (χ4n) is 3.82. The number of nitrogens with zero attached hydrogens (tertiary/aromatic N) is 2. The van der Waals surface area contributed by atoms with E-state index in [9.17, 15) is 10.1 Å². The fourth-order valence-corrected chi connectivity index (χ4v) is 4.60. The Bertz CT molecular complexity index is 965. The number of aromatic nitrogens is 1. The highest BCUT2D eigenvalue weighted by molar-refractivity contribution is 8.00. The van der Waals surface area contributed by atoms with Gasteiger partial charge >= 0.3 is 0 Å². The third kappa shape index (κ3) is 5.14. The average molecular weight is 424 g/mol. The molecule has 0 saturated carbocycles. The van der Waals surface area contributed by atoms with Gasteiger partial charge in [-0.15, -0.1) is 0 Å². The number of pyridine rings is 1. The number of amides is 1. The standard InChI is InChI=1S/C24H29N3O2S/c1-5-24(2,3)18-9-10-21-16(12-18)11-17(14-25)23(27-21)30-15-22(28)26-19-7-6-8-20(13-19)29-4/h6-8,11,13,18H,5,9-10,12,15H2,1-4H3,(H,26,28). The first kappa shape index (κ1) is 22.2. The summed E-state index contributed by atoms with van der Waals surface area (Å²) >= 11 is 1.32. The smallest absolute Gasteiger partial charge is 0.234 e. The Hall–Kier alpha value is -2.52. The molecule has 0 fully saturated rings.